The average molecular weight is 310 g/mol. The molecule has 6 heteroatoms. The minimum atomic E-state index is -0.623. The van der Waals surface area contributed by atoms with Gasteiger partial charge < -0.3 is 9.47 Å². The maximum absolute atomic E-state index is 12.7. The Morgan fingerprint density at radius 1 is 1.27 bits per heavy atom. The summed E-state index contributed by atoms with van der Waals surface area (Å²) in [5.41, 5.74) is -0.335. The zero-order chi connectivity index (χ0) is 16.0. The average Bonchev–Trinajstić information content (AvgIpc) is 2.93. The molecule has 0 aromatic heterocycles. The lowest BCUT2D eigenvalue weighted by molar-refractivity contribution is -0.916. The molecule has 22 heavy (non-hydrogen) atoms. The van der Waals surface area contributed by atoms with Crippen LogP contribution >= 0.6 is 0 Å². The van der Waals surface area contributed by atoms with Crippen LogP contribution in [0.15, 0.2) is 0 Å². The predicted molar refractivity (Wildman–Crippen MR) is 76.7 cm³/mol. The van der Waals surface area contributed by atoms with Crippen molar-refractivity contribution in [3.8, 4) is 0 Å². The number of carbonyl (C=O) groups is 3. The van der Waals surface area contributed by atoms with E-state index < -0.39 is 24.1 Å². The second-order valence-electron chi connectivity index (χ2n) is 6.73. The van der Waals surface area contributed by atoms with Crippen LogP contribution in [0.3, 0.4) is 0 Å². The predicted octanol–water partition coefficient (Wildman–Crippen LogP) is 2.30. The quantitative estimate of drug-likeness (QED) is 0.445. The van der Waals surface area contributed by atoms with Gasteiger partial charge in [-0.3, -0.25) is 0 Å². The van der Waals surface area contributed by atoms with E-state index in [1.165, 1.54) is 0 Å². The summed E-state index contributed by atoms with van der Waals surface area (Å²) < 4.78 is 10.0. The van der Waals surface area contributed by atoms with Gasteiger partial charge in [0.25, 0.3) is 0 Å². The SMILES string of the molecule is CCOC(=O)C1CCC2(CCCCC2)[N+]12C(=O)OC(=O)C2C. The first kappa shape index (κ1) is 15.5. The van der Waals surface area contributed by atoms with Crippen molar-refractivity contribution in [1.29, 1.82) is 0 Å². The number of quaternary nitrogens is 1. The van der Waals surface area contributed by atoms with Crippen LogP contribution in [-0.2, 0) is 19.1 Å². The molecular weight excluding hydrogens is 286 g/mol. The number of ether oxygens (including phenoxy) is 2. The summed E-state index contributed by atoms with van der Waals surface area (Å²) in [7, 11) is 0. The third-order valence-electron chi connectivity index (χ3n) is 5.94. The highest BCUT2D eigenvalue weighted by Crippen LogP contribution is 2.54. The Hall–Kier alpha value is -1.43. The molecular formula is C16H24NO5+. The lowest BCUT2D eigenvalue weighted by atomic mass is 9.77. The molecule has 122 valence electrons. The van der Waals surface area contributed by atoms with E-state index in [4.69, 9.17) is 9.47 Å². The standard InChI is InChI=1S/C16H24NO5/c1-3-21-14(19)12-7-10-16(8-5-4-6-9-16)17(12)11(2)13(18)22-15(17)20/h11-12H,3-10H2,1-2H3/q+1. The van der Waals surface area contributed by atoms with Crippen LogP contribution in [0.1, 0.15) is 58.8 Å². The van der Waals surface area contributed by atoms with Crippen molar-refractivity contribution in [3.05, 3.63) is 0 Å². The summed E-state index contributed by atoms with van der Waals surface area (Å²) in [4.78, 5) is 37.3. The summed E-state index contributed by atoms with van der Waals surface area (Å²) >= 11 is 0. The van der Waals surface area contributed by atoms with Crippen LogP contribution in [0.5, 0.6) is 0 Å². The minimum absolute atomic E-state index is 0.148. The number of hydrogen-bond donors (Lipinski definition) is 0. The molecule has 0 bridgehead atoms. The maximum Gasteiger partial charge on any atom is 0.525 e. The van der Waals surface area contributed by atoms with E-state index in [1.54, 1.807) is 13.8 Å². The molecule has 2 saturated heterocycles. The first-order chi connectivity index (χ1) is 10.5. The summed E-state index contributed by atoms with van der Waals surface area (Å²) in [5, 5.41) is 0. The molecule has 6 nitrogen and oxygen atoms in total. The van der Waals surface area contributed by atoms with Gasteiger partial charge >= 0.3 is 18.0 Å². The number of fused-ring (bicyclic) bond motifs is 1. The van der Waals surface area contributed by atoms with E-state index in [2.05, 4.69) is 0 Å². The highest BCUT2D eigenvalue weighted by Gasteiger charge is 2.75. The number of cyclic esters (lactones) is 2. The van der Waals surface area contributed by atoms with Gasteiger partial charge in [0.1, 0.15) is 5.54 Å². The van der Waals surface area contributed by atoms with Gasteiger partial charge in [0.2, 0.25) is 0 Å². The summed E-state index contributed by atoms with van der Waals surface area (Å²) in [6, 6.07) is -1.23. The molecule has 1 saturated carbocycles. The molecule has 0 aromatic carbocycles. The number of amides is 1. The van der Waals surface area contributed by atoms with Gasteiger partial charge in [-0.05, 0) is 26.7 Å². The van der Waals surface area contributed by atoms with Crippen LogP contribution < -0.4 is 0 Å². The Morgan fingerprint density at radius 3 is 2.50 bits per heavy atom. The third kappa shape index (κ3) is 1.79. The van der Waals surface area contributed by atoms with Crippen molar-refractivity contribution in [2.24, 2.45) is 0 Å². The van der Waals surface area contributed by atoms with Crippen LogP contribution in [0, 0.1) is 0 Å². The monoisotopic (exact) mass is 310 g/mol. The van der Waals surface area contributed by atoms with Crippen LogP contribution in [0.25, 0.3) is 0 Å². The zero-order valence-corrected chi connectivity index (χ0v) is 13.3. The van der Waals surface area contributed by atoms with Crippen molar-refractivity contribution in [3.63, 3.8) is 0 Å². The number of carbonyl (C=O) groups excluding carboxylic acids is 3. The van der Waals surface area contributed by atoms with Gasteiger partial charge in [-0.2, -0.15) is 9.28 Å². The molecule has 2 aliphatic heterocycles. The van der Waals surface area contributed by atoms with Crippen molar-refractivity contribution >= 4 is 18.0 Å². The van der Waals surface area contributed by atoms with Crippen LogP contribution in [-0.4, -0.2) is 46.7 Å². The fraction of sp³-hybridized carbons (Fsp3) is 0.812. The smallest absolute Gasteiger partial charge is 0.462 e. The van der Waals surface area contributed by atoms with E-state index >= 15 is 0 Å². The molecule has 2 heterocycles. The first-order valence-electron chi connectivity index (χ1n) is 8.31. The fourth-order valence-electron chi connectivity index (χ4n) is 5.05. The summed E-state index contributed by atoms with van der Waals surface area (Å²) in [6.45, 7) is 3.76. The number of hydrogen-bond acceptors (Lipinski definition) is 5. The van der Waals surface area contributed by atoms with E-state index in [-0.39, 0.29) is 22.6 Å². The Kier molecular flexibility index (Phi) is 3.75. The zero-order valence-electron chi connectivity index (χ0n) is 13.3. The topological polar surface area (TPSA) is 69.7 Å². The molecule has 3 atom stereocenters. The largest absolute Gasteiger partial charge is 0.525 e. The van der Waals surface area contributed by atoms with E-state index in [9.17, 15) is 14.4 Å². The van der Waals surface area contributed by atoms with Crippen molar-refractivity contribution in [2.75, 3.05) is 6.61 Å². The lowest BCUT2D eigenvalue weighted by Gasteiger charge is -2.47. The normalized spacial score (nSPS) is 36.8. The summed E-state index contributed by atoms with van der Waals surface area (Å²) in [6.07, 6.45) is 5.77. The molecule has 0 radical (unpaired) electrons. The molecule has 1 amide bonds. The molecule has 0 N–H and O–H groups in total. The van der Waals surface area contributed by atoms with Gasteiger partial charge in [0.15, 0.2) is 12.1 Å². The fourth-order valence-corrected chi connectivity index (χ4v) is 5.05. The maximum atomic E-state index is 12.7. The number of rotatable bonds is 2. The van der Waals surface area contributed by atoms with Gasteiger partial charge in [0.05, 0.1) is 6.61 Å². The van der Waals surface area contributed by atoms with E-state index in [0.717, 1.165) is 38.5 Å². The Balaban J connectivity index is 2.09. The van der Waals surface area contributed by atoms with Crippen LogP contribution in [0.2, 0.25) is 0 Å². The van der Waals surface area contributed by atoms with Gasteiger partial charge in [-0.1, -0.05) is 6.42 Å². The van der Waals surface area contributed by atoms with Crippen molar-refractivity contribution in [1.82, 2.24) is 0 Å². The van der Waals surface area contributed by atoms with Crippen molar-refractivity contribution < 1.29 is 28.3 Å². The third-order valence-corrected chi connectivity index (χ3v) is 5.94. The Labute approximate surface area is 130 Å². The van der Waals surface area contributed by atoms with Gasteiger partial charge in [-0.15, -0.1) is 0 Å². The molecule has 3 rings (SSSR count). The van der Waals surface area contributed by atoms with E-state index in [0.29, 0.717) is 6.42 Å². The van der Waals surface area contributed by atoms with Gasteiger partial charge in [0, 0.05) is 25.7 Å². The van der Waals surface area contributed by atoms with Crippen LogP contribution in [0.4, 0.5) is 4.79 Å². The molecule has 0 aromatic rings. The Morgan fingerprint density at radius 2 is 1.95 bits per heavy atom. The molecule has 3 aliphatic rings. The van der Waals surface area contributed by atoms with Crippen molar-refractivity contribution in [2.45, 2.75) is 76.4 Å². The van der Waals surface area contributed by atoms with Gasteiger partial charge in [-0.25, -0.2) is 9.59 Å². The number of nitrogens with zero attached hydrogens (tertiary/aromatic N) is 1. The minimum Gasteiger partial charge on any atom is -0.462 e. The second-order valence-corrected chi connectivity index (χ2v) is 6.73. The molecule has 1 aliphatic carbocycles. The molecule has 2 spiro atoms. The highest BCUT2D eigenvalue weighted by molar-refractivity contribution is 5.92. The molecule has 3 fully saturated rings. The second kappa shape index (κ2) is 5.33. The lowest BCUT2D eigenvalue weighted by Crippen LogP contribution is -2.70. The van der Waals surface area contributed by atoms with E-state index in [1.807, 2.05) is 0 Å². The summed E-state index contributed by atoms with van der Waals surface area (Å²) in [5.74, 6) is -0.880. The molecule has 3 unspecified atom stereocenters. The highest BCUT2D eigenvalue weighted by atomic mass is 16.6. The Bertz CT molecular complexity index is 511. The number of esters is 2. The first-order valence-corrected chi connectivity index (χ1v) is 8.31.